The molecule has 0 fully saturated rings. The van der Waals surface area contributed by atoms with Crippen LogP contribution in [0.2, 0.25) is 0 Å². The molecule has 4 heteroatoms. The maximum absolute atomic E-state index is 10.0. The molecule has 1 heterocycles. The van der Waals surface area contributed by atoms with E-state index in [4.69, 9.17) is 5.41 Å². The number of hydroxylamine groups is 1. The number of nitrogens with zero attached hydrogens (tertiary/aromatic N) is 2. The number of hydrazine groups is 1. The zero-order chi connectivity index (χ0) is 14.1. The molecule has 100 valence electrons. The Morgan fingerprint density at radius 1 is 0.950 bits per heavy atom. The first-order valence-corrected chi connectivity index (χ1v) is 6.36. The van der Waals surface area contributed by atoms with E-state index in [-0.39, 0.29) is 5.84 Å². The van der Waals surface area contributed by atoms with Crippen LogP contribution in [-0.2, 0) is 0 Å². The number of amidine groups is 1. The quantitative estimate of drug-likeness (QED) is 0.832. The number of rotatable bonds is 1. The summed E-state index contributed by atoms with van der Waals surface area (Å²) in [5, 5.41) is 20.4. The van der Waals surface area contributed by atoms with Crippen LogP contribution in [0.25, 0.3) is 5.57 Å². The molecule has 0 radical (unpaired) electrons. The Balaban J connectivity index is 2.24. The third kappa shape index (κ3) is 1.96. The minimum absolute atomic E-state index is 0.0301. The average molecular weight is 265 g/mol. The molecule has 0 saturated carbocycles. The van der Waals surface area contributed by atoms with E-state index >= 15 is 0 Å². The van der Waals surface area contributed by atoms with E-state index in [0.717, 1.165) is 27.6 Å². The summed E-state index contributed by atoms with van der Waals surface area (Å²) in [6.45, 7) is 0. The molecule has 2 N–H and O–H groups in total. The van der Waals surface area contributed by atoms with Crippen LogP contribution < -0.4 is 5.01 Å². The summed E-state index contributed by atoms with van der Waals surface area (Å²) in [5.74, 6) is 0.0301. The van der Waals surface area contributed by atoms with Gasteiger partial charge < -0.3 is 0 Å². The first kappa shape index (κ1) is 12.4. The van der Waals surface area contributed by atoms with Crippen LogP contribution in [0.15, 0.2) is 60.7 Å². The molecule has 0 spiro atoms. The van der Waals surface area contributed by atoms with Crippen molar-refractivity contribution < 1.29 is 5.21 Å². The van der Waals surface area contributed by atoms with Crippen LogP contribution in [0, 0.1) is 5.41 Å². The Bertz CT molecular complexity index is 679. The van der Waals surface area contributed by atoms with Crippen molar-refractivity contribution >= 4 is 17.1 Å². The van der Waals surface area contributed by atoms with Crippen LogP contribution >= 0.6 is 0 Å². The van der Waals surface area contributed by atoms with Crippen molar-refractivity contribution in [2.24, 2.45) is 0 Å². The van der Waals surface area contributed by atoms with Crippen molar-refractivity contribution in [3.05, 3.63) is 71.8 Å². The van der Waals surface area contributed by atoms with E-state index < -0.39 is 0 Å². The zero-order valence-electron chi connectivity index (χ0n) is 11.1. The van der Waals surface area contributed by atoms with E-state index in [2.05, 4.69) is 0 Å². The second-order valence-corrected chi connectivity index (χ2v) is 4.64. The molecule has 1 aliphatic heterocycles. The van der Waals surface area contributed by atoms with Gasteiger partial charge in [-0.15, -0.1) is 5.17 Å². The molecule has 0 atom stereocenters. The van der Waals surface area contributed by atoms with E-state index in [9.17, 15) is 5.21 Å². The fourth-order valence-electron chi connectivity index (χ4n) is 2.38. The van der Waals surface area contributed by atoms with Crippen molar-refractivity contribution in [1.29, 1.82) is 5.41 Å². The second kappa shape index (κ2) is 4.83. The van der Waals surface area contributed by atoms with E-state index in [0.29, 0.717) is 0 Å². The van der Waals surface area contributed by atoms with Crippen molar-refractivity contribution in [2.75, 3.05) is 12.1 Å². The van der Waals surface area contributed by atoms with Crippen LogP contribution in [0.4, 0.5) is 5.69 Å². The fraction of sp³-hybridized carbons (Fsp3) is 0.0625. The van der Waals surface area contributed by atoms with Gasteiger partial charge in [-0.25, -0.2) is 0 Å². The zero-order valence-corrected chi connectivity index (χ0v) is 11.1. The number of nitrogens with one attached hydrogen (secondary N) is 1. The van der Waals surface area contributed by atoms with Gasteiger partial charge in [0.05, 0.1) is 5.69 Å². The van der Waals surface area contributed by atoms with Crippen LogP contribution in [-0.4, -0.2) is 23.3 Å². The molecule has 3 rings (SSSR count). The summed E-state index contributed by atoms with van der Waals surface area (Å²) in [6, 6.07) is 17.7. The Hall–Kier alpha value is -2.59. The molecule has 2 aromatic carbocycles. The molecule has 0 unspecified atom stereocenters. The predicted molar refractivity (Wildman–Crippen MR) is 79.7 cm³/mol. The molecular formula is C16H15N3O. The van der Waals surface area contributed by atoms with Gasteiger partial charge in [-0.2, -0.15) is 0 Å². The number of anilines is 1. The first-order valence-electron chi connectivity index (χ1n) is 6.36. The Morgan fingerprint density at radius 3 is 2.35 bits per heavy atom. The summed E-state index contributed by atoms with van der Waals surface area (Å²) >= 11 is 0. The van der Waals surface area contributed by atoms with Gasteiger partial charge in [0, 0.05) is 12.6 Å². The van der Waals surface area contributed by atoms with Gasteiger partial charge in [0.1, 0.15) is 0 Å². The minimum atomic E-state index is 0.0301. The molecular weight excluding hydrogens is 250 g/mol. The Labute approximate surface area is 117 Å². The van der Waals surface area contributed by atoms with Crippen LogP contribution in [0.3, 0.4) is 0 Å². The summed E-state index contributed by atoms with van der Waals surface area (Å²) < 4.78 is 0. The highest BCUT2D eigenvalue weighted by atomic mass is 16.6. The first-order chi connectivity index (χ1) is 9.68. The normalized spacial score (nSPS) is 14.7. The van der Waals surface area contributed by atoms with Crippen molar-refractivity contribution in [3.63, 3.8) is 0 Å². The largest absolute Gasteiger partial charge is 0.281 e. The van der Waals surface area contributed by atoms with Gasteiger partial charge in [0.2, 0.25) is 0 Å². The summed E-state index contributed by atoms with van der Waals surface area (Å²) in [4.78, 5) is 0. The highest BCUT2D eigenvalue weighted by molar-refractivity contribution is 6.04. The third-order valence-corrected chi connectivity index (χ3v) is 3.41. The molecule has 0 saturated heterocycles. The molecule has 4 nitrogen and oxygen atoms in total. The van der Waals surface area contributed by atoms with Crippen molar-refractivity contribution in [1.82, 2.24) is 5.17 Å². The lowest BCUT2D eigenvalue weighted by Crippen LogP contribution is -2.40. The maximum Gasteiger partial charge on any atom is 0.169 e. The topological polar surface area (TPSA) is 50.6 Å². The molecule has 2 aromatic rings. The Kier molecular flexibility index (Phi) is 3.00. The molecule has 1 aliphatic rings. The van der Waals surface area contributed by atoms with Crippen LogP contribution in [0.5, 0.6) is 0 Å². The van der Waals surface area contributed by atoms with Gasteiger partial charge in [0.15, 0.2) is 5.84 Å². The molecule has 0 aromatic heterocycles. The number of hydrogen-bond acceptors (Lipinski definition) is 3. The standard InChI is InChI=1S/C16H15N3O/c1-18-15-10-6-5-9-13(15)14(11-16(17)19(18)20)12-7-3-2-4-8-12/h2-11,17,20H,1H3. The summed E-state index contributed by atoms with van der Waals surface area (Å²) in [5.41, 5.74) is 3.79. The molecule has 20 heavy (non-hydrogen) atoms. The molecule has 0 bridgehead atoms. The average Bonchev–Trinajstić information content (AvgIpc) is 2.60. The van der Waals surface area contributed by atoms with E-state index in [1.807, 2.05) is 54.6 Å². The predicted octanol–water partition coefficient (Wildman–Crippen LogP) is 3.15. The third-order valence-electron chi connectivity index (χ3n) is 3.41. The summed E-state index contributed by atoms with van der Waals surface area (Å²) in [6.07, 6.45) is 1.68. The number of para-hydroxylation sites is 1. The lowest BCUT2D eigenvalue weighted by Gasteiger charge is -2.27. The lowest BCUT2D eigenvalue weighted by atomic mass is 9.96. The van der Waals surface area contributed by atoms with Gasteiger partial charge in [-0.3, -0.25) is 15.6 Å². The fourth-order valence-corrected chi connectivity index (χ4v) is 2.38. The van der Waals surface area contributed by atoms with Crippen molar-refractivity contribution in [2.45, 2.75) is 0 Å². The SMILES string of the molecule is CN1c2ccccc2C(c2ccccc2)=CC(=N)N1O. The van der Waals surface area contributed by atoms with Gasteiger partial charge in [-0.05, 0) is 23.3 Å². The monoisotopic (exact) mass is 265 g/mol. The van der Waals surface area contributed by atoms with Crippen LogP contribution in [0.1, 0.15) is 11.1 Å². The lowest BCUT2D eigenvalue weighted by molar-refractivity contribution is -0.0207. The highest BCUT2D eigenvalue weighted by Gasteiger charge is 2.22. The van der Waals surface area contributed by atoms with Gasteiger partial charge >= 0.3 is 0 Å². The minimum Gasteiger partial charge on any atom is -0.281 e. The van der Waals surface area contributed by atoms with E-state index in [1.165, 1.54) is 0 Å². The summed E-state index contributed by atoms with van der Waals surface area (Å²) in [7, 11) is 1.73. The number of hydrogen-bond donors (Lipinski definition) is 2. The van der Waals surface area contributed by atoms with Gasteiger partial charge in [0.25, 0.3) is 0 Å². The number of benzene rings is 2. The maximum atomic E-state index is 10.0. The smallest absolute Gasteiger partial charge is 0.169 e. The molecule has 0 aliphatic carbocycles. The van der Waals surface area contributed by atoms with Gasteiger partial charge in [-0.1, -0.05) is 48.5 Å². The highest BCUT2D eigenvalue weighted by Crippen LogP contribution is 2.33. The second-order valence-electron chi connectivity index (χ2n) is 4.64. The Morgan fingerprint density at radius 2 is 1.60 bits per heavy atom. The van der Waals surface area contributed by atoms with Crippen molar-refractivity contribution in [3.8, 4) is 0 Å². The number of fused-ring (bicyclic) bond motifs is 1. The molecule has 0 amide bonds. The van der Waals surface area contributed by atoms with E-state index in [1.54, 1.807) is 18.1 Å².